The standard InChI is InChI=1S/C24H37N4O3Si/c1-24(2,3)31-23(29)26-14-10-9-13-22-27-21(19-11-7-8-12-20(19)25)17-28(22)18-30-15-16-32(4,5)6/h7,10-12,14,17H,9,13,15-16,18,25H2,1-6H3,(H,26,29). The van der Waals surface area contributed by atoms with Gasteiger partial charge >= 0.3 is 6.09 Å². The first-order valence-electron chi connectivity index (χ1n) is 11.0. The van der Waals surface area contributed by atoms with Gasteiger partial charge < -0.3 is 19.8 Å². The van der Waals surface area contributed by atoms with E-state index in [1.165, 1.54) is 0 Å². The number of nitrogen functional groups attached to an aromatic ring is 1. The number of nitrogens with one attached hydrogen (secondary N) is 1. The Morgan fingerprint density at radius 2 is 2.09 bits per heavy atom. The van der Waals surface area contributed by atoms with Crippen LogP contribution in [0.3, 0.4) is 0 Å². The number of rotatable bonds is 10. The van der Waals surface area contributed by atoms with Crippen LogP contribution in [0.4, 0.5) is 10.5 Å². The van der Waals surface area contributed by atoms with E-state index in [1.807, 2.05) is 49.7 Å². The first-order valence-corrected chi connectivity index (χ1v) is 14.7. The predicted octanol–water partition coefficient (Wildman–Crippen LogP) is 5.22. The summed E-state index contributed by atoms with van der Waals surface area (Å²) >= 11 is 0. The monoisotopic (exact) mass is 457 g/mol. The molecule has 32 heavy (non-hydrogen) atoms. The minimum absolute atomic E-state index is 0.450. The Kier molecular flexibility index (Phi) is 9.09. The molecule has 0 aliphatic rings. The third-order valence-corrected chi connectivity index (χ3v) is 6.21. The zero-order valence-corrected chi connectivity index (χ0v) is 21.2. The van der Waals surface area contributed by atoms with Crippen LogP contribution in [0.25, 0.3) is 11.3 Å². The van der Waals surface area contributed by atoms with E-state index in [0.29, 0.717) is 25.3 Å². The van der Waals surface area contributed by atoms with Gasteiger partial charge in [0.25, 0.3) is 0 Å². The SMILES string of the molecule is CC(C)(C)OC(=O)NC=CCCc1nc(-c2cc[c]cc2N)cn1COCC[Si](C)(C)C. The molecule has 8 heteroatoms. The van der Waals surface area contributed by atoms with Crippen molar-refractivity contribution >= 4 is 19.9 Å². The fraction of sp³-hybridized carbons (Fsp3) is 0.500. The van der Waals surface area contributed by atoms with Gasteiger partial charge in [0.2, 0.25) is 0 Å². The summed E-state index contributed by atoms with van der Waals surface area (Å²) in [5.74, 6) is 0.905. The molecule has 0 aliphatic carbocycles. The van der Waals surface area contributed by atoms with Gasteiger partial charge in [0, 0.05) is 44.7 Å². The van der Waals surface area contributed by atoms with Crippen molar-refractivity contribution < 1.29 is 14.3 Å². The van der Waals surface area contributed by atoms with Crippen molar-refractivity contribution in [2.24, 2.45) is 0 Å². The minimum atomic E-state index is -1.14. The highest BCUT2D eigenvalue weighted by Crippen LogP contribution is 2.25. The van der Waals surface area contributed by atoms with Gasteiger partial charge in [-0.3, -0.25) is 5.32 Å². The second-order valence-electron chi connectivity index (χ2n) is 9.96. The summed E-state index contributed by atoms with van der Waals surface area (Å²) in [6.07, 6.45) is 6.42. The Balaban J connectivity index is 2.02. The van der Waals surface area contributed by atoms with Gasteiger partial charge in [-0.05, 0) is 45.4 Å². The molecule has 0 aliphatic heterocycles. The van der Waals surface area contributed by atoms with Crippen LogP contribution in [0.1, 0.15) is 33.0 Å². The lowest BCUT2D eigenvalue weighted by Crippen LogP contribution is -2.29. The van der Waals surface area contributed by atoms with Crippen molar-refractivity contribution in [1.29, 1.82) is 0 Å². The molecule has 2 rings (SSSR count). The van der Waals surface area contributed by atoms with E-state index >= 15 is 0 Å². The van der Waals surface area contributed by atoms with Gasteiger partial charge in [-0.25, -0.2) is 9.78 Å². The molecule has 0 atom stereocenters. The molecule has 1 amide bonds. The number of hydrogen-bond donors (Lipinski definition) is 2. The van der Waals surface area contributed by atoms with E-state index in [-0.39, 0.29) is 0 Å². The summed E-state index contributed by atoms with van der Waals surface area (Å²) in [5, 5.41) is 2.62. The van der Waals surface area contributed by atoms with Crippen molar-refractivity contribution in [3.05, 3.63) is 48.6 Å². The van der Waals surface area contributed by atoms with E-state index in [9.17, 15) is 4.79 Å². The number of aromatic nitrogens is 2. The van der Waals surface area contributed by atoms with Crippen molar-refractivity contribution in [1.82, 2.24) is 14.9 Å². The number of alkyl carbamates (subject to hydrolysis) is 1. The van der Waals surface area contributed by atoms with Crippen LogP contribution in [0, 0.1) is 6.07 Å². The summed E-state index contributed by atoms with van der Waals surface area (Å²) in [4.78, 5) is 16.5. The number of hydrogen-bond acceptors (Lipinski definition) is 5. The van der Waals surface area contributed by atoms with Crippen LogP contribution in [-0.4, -0.2) is 35.9 Å². The van der Waals surface area contributed by atoms with E-state index in [0.717, 1.165) is 29.7 Å². The van der Waals surface area contributed by atoms with Crippen LogP contribution >= 0.6 is 0 Å². The maximum absolute atomic E-state index is 11.7. The molecule has 1 radical (unpaired) electrons. The normalized spacial score (nSPS) is 12.3. The molecule has 0 spiro atoms. The highest BCUT2D eigenvalue weighted by molar-refractivity contribution is 6.76. The van der Waals surface area contributed by atoms with Crippen LogP contribution in [0.15, 0.2) is 36.7 Å². The largest absolute Gasteiger partial charge is 0.444 e. The zero-order valence-electron chi connectivity index (χ0n) is 20.2. The van der Waals surface area contributed by atoms with Crippen LogP contribution < -0.4 is 11.1 Å². The number of aryl methyl sites for hydroxylation is 1. The van der Waals surface area contributed by atoms with E-state index in [2.05, 4.69) is 31.0 Å². The van der Waals surface area contributed by atoms with Crippen LogP contribution in [0.2, 0.25) is 25.7 Å². The summed E-state index contributed by atoms with van der Waals surface area (Å²) in [6, 6.07) is 9.61. The first-order chi connectivity index (χ1) is 14.9. The number of allylic oxidation sites excluding steroid dienone is 1. The Morgan fingerprint density at radius 3 is 2.75 bits per heavy atom. The molecule has 2 aromatic rings. The Labute approximate surface area is 193 Å². The smallest absolute Gasteiger partial charge is 0.411 e. The maximum Gasteiger partial charge on any atom is 0.411 e. The number of imidazole rings is 1. The number of amides is 1. The lowest BCUT2D eigenvalue weighted by molar-refractivity contribution is 0.0552. The summed E-state index contributed by atoms with van der Waals surface area (Å²) < 4.78 is 13.2. The molecule has 0 bridgehead atoms. The van der Waals surface area contributed by atoms with Crippen molar-refractivity contribution in [2.45, 2.75) is 71.6 Å². The summed E-state index contributed by atoms with van der Waals surface area (Å²) in [6.45, 7) is 13.7. The third-order valence-electron chi connectivity index (χ3n) is 4.51. The van der Waals surface area contributed by atoms with Crippen LogP contribution in [0.5, 0.6) is 0 Å². The topological polar surface area (TPSA) is 91.4 Å². The molecule has 1 aromatic carbocycles. The third kappa shape index (κ3) is 9.28. The fourth-order valence-electron chi connectivity index (χ4n) is 2.84. The molecular formula is C24H37N4O3Si. The molecule has 0 fully saturated rings. The highest BCUT2D eigenvalue weighted by Gasteiger charge is 2.15. The average molecular weight is 458 g/mol. The van der Waals surface area contributed by atoms with Gasteiger partial charge in [0.05, 0.1) is 5.69 Å². The van der Waals surface area contributed by atoms with E-state index in [1.54, 1.807) is 12.3 Å². The molecule has 3 N–H and O–H groups in total. The van der Waals surface area contributed by atoms with Gasteiger partial charge in [0.15, 0.2) is 0 Å². The molecular weight excluding hydrogens is 420 g/mol. The zero-order chi connectivity index (χ0) is 23.8. The number of carbonyl (C=O) groups is 1. The summed E-state index contributed by atoms with van der Waals surface area (Å²) in [7, 11) is -1.14. The van der Waals surface area contributed by atoms with E-state index in [4.69, 9.17) is 20.2 Å². The number of nitrogens with zero attached hydrogens (tertiary/aromatic N) is 2. The molecule has 1 heterocycles. The Morgan fingerprint density at radius 1 is 1.34 bits per heavy atom. The molecule has 7 nitrogen and oxygen atoms in total. The molecule has 0 saturated heterocycles. The molecule has 1 aromatic heterocycles. The lowest BCUT2D eigenvalue weighted by Gasteiger charge is -2.18. The van der Waals surface area contributed by atoms with Crippen molar-refractivity contribution in [3.63, 3.8) is 0 Å². The van der Waals surface area contributed by atoms with Gasteiger partial charge in [-0.2, -0.15) is 0 Å². The molecule has 175 valence electrons. The number of carbonyl (C=O) groups excluding carboxylic acids is 1. The number of nitrogens with two attached hydrogens (primary N) is 1. The Bertz CT molecular complexity index is 911. The first kappa shape index (κ1) is 25.7. The van der Waals surface area contributed by atoms with Gasteiger partial charge in [0.1, 0.15) is 18.2 Å². The fourth-order valence-corrected chi connectivity index (χ4v) is 3.60. The minimum Gasteiger partial charge on any atom is -0.444 e. The highest BCUT2D eigenvalue weighted by atomic mass is 28.3. The number of anilines is 1. The predicted molar refractivity (Wildman–Crippen MR) is 132 cm³/mol. The quantitative estimate of drug-likeness (QED) is 0.290. The second-order valence-corrected chi connectivity index (χ2v) is 15.6. The van der Waals surface area contributed by atoms with E-state index < -0.39 is 19.8 Å². The van der Waals surface area contributed by atoms with Crippen molar-refractivity contribution in [3.8, 4) is 11.3 Å². The second kappa shape index (κ2) is 11.3. The van der Waals surface area contributed by atoms with Gasteiger partial charge in [-0.15, -0.1) is 0 Å². The number of ether oxygens (including phenoxy) is 2. The Hall–Kier alpha value is -2.58. The molecule has 0 saturated carbocycles. The van der Waals surface area contributed by atoms with Gasteiger partial charge in [-0.1, -0.05) is 37.8 Å². The number of benzene rings is 1. The van der Waals surface area contributed by atoms with Crippen LogP contribution in [-0.2, 0) is 22.6 Å². The maximum atomic E-state index is 11.7. The molecule has 0 unspecified atom stereocenters. The average Bonchev–Trinajstić information content (AvgIpc) is 3.06. The van der Waals surface area contributed by atoms with Crippen molar-refractivity contribution in [2.75, 3.05) is 12.3 Å². The summed E-state index contributed by atoms with van der Waals surface area (Å²) in [5.41, 5.74) is 7.94. The lowest BCUT2D eigenvalue weighted by atomic mass is 10.1.